The Morgan fingerprint density at radius 2 is 1.20 bits per heavy atom. The van der Waals surface area contributed by atoms with Crippen molar-refractivity contribution >= 4 is 11.9 Å². The number of carbonyl (C=O) groups is 2. The van der Waals surface area contributed by atoms with Crippen LogP contribution in [-0.2, 0) is 9.59 Å². The molecule has 4 nitrogen and oxygen atoms in total. The van der Waals surface area contributed by atoms with Crippen molar-refractivity contribution < 1.29 is 19.8 Å². The molecule has 0 spiro atoms. The molecule has 0 aliphatic heterocycles. The predicted molar refractivity (Wildman–Crippen MR) is 45.7 cm³/mol. The van der Waals surface area contributed by atoms with Gasteiger partial charge in [0, 0.05) is 0 Å². The highest BCUT2D eigenvalue weighted by atomic mass is 16.4. The number of aliphatic carboxylic acids is 2. The van der Waals surface area contributed by atoms with Crippen molar-refractivity contribution in [3.63, 3.8) is 0 Å². The smallest absolute Gasteiger partial charge is 0.311 e. The summed E-state index contributed by atoms with van der Waals surface area (Å²) in [5, 5.41) is 18.8. The lowest BCUT2D eigenvalue weighted by molar-refractivity contribution is -0.158. The summed E-state index contributed by atoms with van der Waals surface area (Å²) >= 11 is 0. The summed E-state index contributed by atoms with van der Waals surface area (Å²) < 4.78 is 0. The topological polar surface area (TPSA) is 74.6 Å². The van der Waals surface area contributed by atoms with Crippen LogP contribution in [0.4, 0.5) is 0 Å². The zero-order valence-corrected chi connectivity index (χ0v) is 7.88. The van der Waals surface area contributed by atoms with Gasteiger partial charge in [0.05, 0.1) is 10.8 Å². The van der Waals surface area contributed by atoms with Gasteiger partial charge in [-0.05, 0) is 41.9 Å². The van der Waals surface area contributed by atoms with Gasteiger partial charge in [-0.2, -0.15) is 0 Å². The van der Waals surface area contributed by atoms with Gasteiger partial charge in [-0.25, -0.2) is 0 Å². The Hall–Kier alpha value is -1.06. The zero-order chi connectivity index (χ0) is 10.3. The molecule has 78 valence electrons. The van der Waals surface area contributed by atoms with E-state index >= 15 is 0 Å². The fourth-order valence-corrected chi connectivity index (χ4v) is 6.68. The van der Waals surface area contributed by atoms with E-state index in [1.807, 2.05) is 0 Å². The first-order chi connectivity index (χ1) is 7.11. The van der Waals surface area contributed by atoms with Gasteiger partial charge in [0.1, 0.15) is 0 Å². The van der Waals surface area contributed by atoms with E-state index in [9.17, 15) is 19.8 Å². The van der Waals surface area contributed by atoms with E-state index in [0.29, 0.717) is 11.8 Å². The summed E-state index contributed by atoms with van der Waals surface area (Å²) in [5.41, 5.74) is -1.64. The Morgan fingerprint density at radius 3 is 1.47 bits per heavy atom. The summed E-state index contributed by atoms with van der Waals surface area (Å²) in [7, 11) is 0. The van der Waals surface area contributed by atoms with Crippen LogP contribution in [0.1, 0.15) is 6.42 Å². The molecule has 6 rings (SSSR count). The van der Waals surface area contributed by atoms with Crippen LogP contribution in [0.15, 0.2) is 0 Å². The second-order valence-electron chi connectivity index (χ2n) is 6.01. The second-order valence-corrected chi connectivity index (χ2v) is 6.01. The van der Waals surface area contributed by atoms with Crippen molar-refractivity contribution in [2.24, 2.45) is 46.3 Å². The molecular weight excluding hydrogens is 196 g/mol. The van der Waals surface area contributed by atoms with Crippen molar-refractivity contribution in [3.05, 3.63) is 0 Å². The number of rotatable bonds is 2. The normalized spacial score (nSPS) is 73.3. The minimum atomic E-state index is -0.822. The number of hydrogen-bond acceptors (Lipinski definition) is 2. The first kappa shape index (κ1) is 7.25. The van der Waals surface area contributed by atoms with E-state index < -0.39 is 22.8 Å². The maximum absolute atomic E-state index is 11.5. The highest BCUT2D eigenvalue weighted by molar-refractivity contribution is 5.98. The highest BCUT2D eigenvalue weighted by Gasteiger charge is 3.08. The molecule has 0 radical (unpaired) electrons. The van der Waals surface area contributed by atoms with Crippen molar-refractivity contribution in [2.75, 3.05) is 0 Å². The van der Waals surface area contributed by atoms with Crippen LogP contribution >= 0.6 is 0 Å². The van der Waals surface area contributed by atoms with E-state index in [4.69, 9.17) is 0 Å². The largest absolute Gasteiger partial charge is 0.481 e. The molecule has 4 atom stereocenters. The van der Waals surface area contributed by atoms with Crippen LogP contribution in [-0.4, -0.2) is 22.2 Å². The van der Waals surface area contributed by atoms with Crippen molar-refractivity contribution in [1.82, 2.24) is 0 Å². The fraction of sp³-hybridized carbons (Fsp3) is 0.818. The molecule has 0 aromatic carbocycles. The van der Waals surface area contributed by atoms with Gasteiger partial charge in [-0.15, -0.1) is 0 Å². The molecule has 0 saturated heterocycles. The van der Waals surface area contributed by atoms with Crippen molar-refractivity contribution in [2.45, 2.75) is 6.42 Å². The second kappa shape index (κ2) is 1.43. The maximum atomic E-state index is 11.5. The van der Waals surface area contributed by atoms with Gasteiger partial charge in [-0.3, -0.25) is 9.59 Å². The van der Waals surface area contributed by atoms with E-state index in [2.05, 4.69) is 0 Å². The third-order valence-corrected chi connectivity index (χ3v) is 6.44. The predicted octanol–water partition coefficient (Wildman–Crippen LogP) is 0.284. The van der Waals surface area contributed by atoms with Gasteiger partial charge < -0.3 is 10.2 Å². The maximum Gasteiger partial charge on any atom is 0.311 e. The van der Waals surface area contributed by atoms with Crippen molar-refractivity contribution in [3.8, 4) is 0 Å². The van der Waals surface area contributed by atoms with Gasteiger partial charge in [0.2, 0.25) is 0 Å². The Labute approximate surface area is 85.3 Å². The lowest BCUT2D eigenvalue weighted by atomic mass is 9.86. The van der Waals surface area contributed by atoms with Crippen LogP contribution in [0, 0.1) is 46.3 Å². The minimum Gasteiger partial charge on any atom is -0.481 e. The molecule has 6 aliphatic carbocycles. The first-order valence-electron chi connectivity index (χ1n) is 5.58. The molecule has 6 aliphatic rings. The molecule has 0 heterocycles. The number of carboxylic acids is 2. The van der Waals surface area contributed by atoms with E-state index in [1.54, 1.807) is 0 Å². The van der Waals surface area contributed by atoms with Crippen LogP contribution < -0.4 is 0 Å². The van der Waals surface area contributed by atoms with E-state index in [0.717, 1.165) is 6.42 Å². The summed E-state index contributed by atoms with van der Waals surface area (Å²) in [6, 6.07) is 0. The molecule has 6 fully saturated rings. The van der Waals surface area contributed by atoms with Crippen LogP contribution in [0.3, 0.4) is 0 Å². The quantitative estimate of drug-likeness (QED) is 0.680. The van der Waals surface area contributed by atoms with Crippen LogP contribution in [0.25, 0.3) is 0 Å². The van der Waals surface area contributed by atoms with Crippen LogP contribution in [0.5, 0.6) is 0 Å². The van der Waals surface area contributed by atoms with Gasteiger partial charge in [-0.1, -0.05) is 0 Å². The molecule has 0 aromatic heterocycles. The summed E-state index contributed by atoms with van der Waals surface area (Å²) in [6.07, 6.45) is 1.12. The van der Waals surface area contributed by atoms with Crippen molar-refractivity contribution in [1.29, 1.82) is 0 Å². The third-order valence-electron chi connectivity index (χ3n) is 6.44. The average molecular weight is 206 g/mol. The Morgan fingerprint density at radius 1 is 0.867 bits per heavy atom. The first-order valence-corrected chi connectivity index (χ1v) is 5.58. The van der Waals surface area contributed by atoms with Gasteiger partial charge in [0.15, 0.2) is 0 Å². The lowest BCUT2D eigenvalue weighted by Gasteiger charge is -2.16. The standard InChI is InChI=1S/C11H10O4/c12-8(13)10-4-2-1-3(6(4)10)7-5(2)11(7,10)9(14)15/h2-7H,1H2,(H,12,13)(H,14,15)/t2?,3?,4-,5-,6-,7-,10?,11?/m1/s1. The monoisotopic (exact) mass is 206 g/mol. The summed E-state index contributed by atoms with van der Waals surface area (Å²) in [6.45, 7) is 0. The Balaban J connectivity index is 1.84. The summed E-state index contributed by atoms with van der Waals surface area (Å²) in [5.74, 6) is 0.151. The fourth-order valence-electron chi connectivity index (χ4n) is 6.68. The van der Waals surface area contributed by atoms with Crippen LogP contribution in [0.2, 0.25) is 0 Å². The Bertz CT molecular complexity index is 405. The molecular formula is C11H10O4. The van der Waals surface area contributed by atoms with Gasteiger partial charge >= 0.3 is 11.9 Å². The van der Waals surface area contributed by atoms with E-state index in [1.165, 1.54) is 0 Å². The molecule has 4 heteroatoms. The van der Waals surface area contributed by atoms with Gasteiger partial charge in [0.25, 0.3) is 0 Å². The third kappa shape index (κ3) is 0.336. The molecule has 15 heavy (non-hydrogen) atoms. The summed E-state index contributed by atoms with van der Waals surface area (Å²) in [4.78, 5) is 22.9. The molecule has 0 amide bonds. The lowest BCUT2D eigenvalue weighted by Crippen LogP contribution is -2.34. The molecule has 0 unspecified atom stereocenters. The number of hydrogen-bond donors (Lipinski definition) is 2. The van der Waals surface area contributed by atoms with E-state index in [-0.39, 0.29) is 23.7 Å². The molecule has 6 saturated carbocycles. The molecule has 0 aromatic rings. The highest BCUT2D eigenvalue weighted by Crippen LogP contribution is 3.04. The Kier molecular flexibility index (Phi) is 0.691. The zero-order valence-electron chi connectivity index (χ0n) is 7.88. The SMILES string of the molecule is O=C(O)C12[C@@H]3C4CC([C@H]31)[C@@H]1[C@@H]4C12C(=O)O. The molecule has 2 bridgehead atoms. The molecule has 2 N–H and O–H groups in total. The average Bonchev–Trinajstić information content (AvgIpc) is 2.90. The number of carboxylic acid groups (broad SMARTS) is 2. The minimum absolute atomic E-state index is 0.228.